The van der Waals surface area contributed by atoms with Crippen molar-refractivity contribution in [2.75, 3.05) is 6.61 Å². The molecule has 4 heteroatoms. The average molecular weight is 154 g/mol. The van der Waals surface area contributed by atoms with Crippen molar-refractivity contribution >= 4 is 0 Å². The highest BCUT2D eigenvalue weighted by molar-refractivity contribution is 4.50. The minimum atomic E-state index is -3.09. The van der Waals surface area contributed by atoms with Crippen LogP contribution in [-0.2, 0) is 4.74 Å². The Balaban J connectivity index is 3.46. The molecule has 0 aliphatic rings. The molecule has 0 rings (SSSR count). The quantitative estimate of drug-likeness (QED) is 0.663. The lowest BCUT2D eigenvalue weighted by Gasteiger charge is -2.15. The minimum Gasteiger partial charge on any atom is -0.391 e. The fourth-order valence-corrected chi connectivity index (χ4v) is 0.345. The zero-order valence-corrected chi connectivity index (χ0v) is 6.10. The number of halogens is 2. The van der Waals surface area contributed by atoms with E-state index in [0.717, 1.165) is 0 Å². The summed E-state index contributed by atoms with van der Waals surface area (Å²) in [6.45, 7) is 2.40. The maximum Gasteiger partial charge on any atom is 0.355 e. The number of ether oxygens (including phenoxy) is 1. The number of aliphatic hydroxyl groups excluding tert-OH is 1. The Bertz CT molecular complexity index is 93.7. The molecule has 0 radical (unpaired) electrons. The summed E-state index contributed by atoms with van der Waals surface area (Å²) < 4.78 is 28.4. The summed E-state index contributed by atoms with van der Waals surface area (Å²) in [5.74, 6) is 0. The molecule has 1 N–H and O–H groups in total. The van der Waals surface area contributed by atoms with Gasteiger partial charge in [-0.2, -0.15) is 8.78 Å². The molecule has 0 spiro atoms. The number of hydrogen-bond donors (Lipinski definition) is 1. The molecule has 0 aromatic carbocycles. The van der Waals surface area contributed by atoms with Gasteiger partial charge in [-0.25, -0.2) is 0 Å². The van der Waals surface area contributed by atoms with Crippen LogP contribution in [0.4, 0.5) is 8.78 Å². The Labute approximate surface area is 58.8 Å². The Morgan fingerprint density at radius 1 is 1.60 bits per heavy atom. The molecule has 0 saturated carbocycles. The van der Waals surface area contributed by atoms with Gasteiger partial charge in [0.05, 0.1) is 12.7 Å². The Morgan fingerprint density at radius 3 is 2.40 bits per heavy atom. The summed E-state index contributed by atoms with van der Waals surface area (Å²) in [5, 5.41) is 8.55. The third-order valence-corrected chi connectivity index (χ3v) is 0.947. The summed E-state index contributed by atoms with van der Waals surface area (Å²) in [4.78, 5) is 0. The summed E-state index contributed by atoms with van der Waals surface area (Å²) in [6, 6.07) is 0. The van der Waals surface area contributed by atoms with E-state index in [1.807, 2.05) is 0 Å². The van der Waals surface area contributed by atoms with Crippen LogP contribution in [0.25, 0.3) is 0 Å². The second-order valence-electron chi connectivity index (χ2n) is 2.15. The summed E-state index contributed by atoms with van der Waals surface area (Å²) in [5.41, 5.74) is 0. The van der Waals surface area contributed by atoms with Crippen LogP contribution in [0, 0.1) is 0 Å². The Kier molecular flexibility index (Phi) is 3.75. The van der Waals surface area contributed by atoms with E-state index in [-0.39, 0.29) is 13.0 Å². The minimum absolute atomic E-state index is 0.319. The molecule has 0 saturated heterocycles. The second kappa shape index (κ2) is 3.83. The molecule has 62 valence electrons. The van der Waals surface area contributed by atoms with E-state index in [2.05, 4.69) is 4.74 Å². The first-order valence-corrected chi connectivity index (χ1v) is 3.18. The maximum atomic E-state index is 12.2. The maximum absolute atomic E-state index is 12.2. The van der Waals surface area contributed by atoms with Gasteiger partial charge in [0.25, 0.3) is 0 Å². The third kappa shape index (κ3) is 4.64. The SMILES string of the molecule is CCC(F)(F)OCC(C)O. The lowest BCUT2D eigenvalue weighted by molar-refractivity contribution is -0.248. The average Bonchev–Trinajstić information content (AvgIpc) is 1.85. The van der Waals surface area contributed by atoms with Gasteiger partial charge in [0.2, 0.25) is 0 Å². The van der Waals surface area contributed by atoms with Gasteiger partial charge in [0.1, 0.15) is 0 Å². The van der Waals surface area contributed by atoms with E-state index < -0.39 is 12.2 Å². The molecule has 0 aliphatic carbocycles. The van der Waals surface area contributed by atoms with E-state index in [1.54, 1.807) is 0 Å². The van der Waals surface area contributed by atoms with Crippen molar-refractivity contribution in [1.82, 2.24) is 0 Å². The lowest BCUT2D eigenvalue weighted by Crippen LogP contribution is -2.24. The van der Waals surface area contributed by atoms with E-state index in [1.165, 1.54) is 13.8 Å². The normalized spacial score (nSPS) is 15.3. The van der Waals surface area contributed by atoms with Crippen molar-refractivity contribution in [3.05, 3.63) is 0 Å². The number of aliphatic hydroxyl groups is 1. The molecular weight excluding hydrogens is 142 g/mol. The summed E-state index contributed by atoms with van der Waals surface area (Å²) in [6.07, 6.45) is -4.28. The molecule has 10 heavy (non-hydrogen) atoms. The molecule has 0 amide bonds. The highest BCUT2D eigenvalue weighted by Crippen LogP contribution is 2.18. The van der Waals surface area contributed by atoms with Gasteiger partial charge in [0.15, 0.2) is 0 Å². The lowest BCUT2D eigenvalue weighted by atomic mass is 10.4. The molecule has 2 nitrogen and oxygen atoms in total. The van der Waals surface area contributed by atoms with Gasteiger partial charge in [-0.15, -0.1) is 0 Å². The van der Waals surface area contributed by atoms with Crippen molar-refractivity contribution < 1.29 is 18.6 Å². The molecular formula is C6H12F2O2. The number of alkyl halides is 2. The predicted octanol–water partition coefficient (Wildman–Crippen LogP) is 1.39. The van der Waals surface area contributed by atoms with E-state index in [0.29, 0.717) is 0 Å². The molecule has 0 aromatic heterocycles. The predicted molar refractivity (Wildman–Crippen MR) is 32.9 cm³/mol. The summed E-state index contributed by atoms with van der Waals surface area (Å²) >= 11 is 0. The first-order chi connectivity index (χ1) is 4.48. The zero-order valence-electron chi connectivity index (χ0n) is 6.10. The topological polar surface area (TPSA) is 29.5 Å². The van der Waals surface area contributed by atoms with E-state index in [9.17, 15) is 8.78 Å². The standard InChI is InChI=1S/C6H12F2O2/c1-3-6(7,8)10-4-5(2)9/h5,9H,3-4H2,1-2H3. The van der Waals surface area contributed by atoms with Crippen LogP contribution in [0.15, 0.2) is 0 Å². The van der Waals surface area contributed by atoms with Crippen molar-refractivity contribution in [3.63, 3.8) is 0 Å². The Morgan fingerprint density at radius 2 is 2.10 bits per heavy atom. The molecule has 0 heterocycles. The first kappa shape index (κ1) is 9.78. The molecule has 0 aromatic rings. The molecule has 1 atom stereocenters. The van der Waals surface area contributed by atoms with Crippen molar-refractivity contribution in [3.8, 4) is 0 Å². The highest BCUT2D eigenvalue weighted by atomic mass is 19.3. The van der Waals surface area contributed by atoms with Crippen LogP contribution >= 0.6 is 0 Å². The van der Waals surface area contributed by atoms with Gasteiger partial charge in [-0.1, -0.05) is 6.92 Å². The van der Waals surface area contributed by atoms with Crippen molar-refractivity contribution in [2.45, 2.75) is 32.5 Å². The molecule has 1 unspecified atom stereocenters. The molecule has 0 aliphatic heterocycles. The third-order valence-electron chi connectivity index (χ3n) is 0.947. The molecule has 0 fully saturated rings. The smallest absolute Gasteiger partial charge is 0.355 e. The van der Waals surface area contributed by atoms with Gasteiger partial charge in [-0.3, -0.25) is 0 Å². The van der Waals surface area contributed by atoms with Crippen molar-refractivity contribution in [2.24, 2.45) is 0 Å². The fourth-order valence-electron chi connectivity index (χ4n) is 0.345. The zero-order chi connectivity index (χ0) is 8.20. The van der Waals surface area contributed by atoms with E-state index in [4.69, 9.17) is 5.11 Å². The van der Waals surface area contributed by atoms with Crippen LogP contribution in [0.1, 0.15) is 20.3 Å². The van der Waals surface area contributed by atoms with Crippen molar-refractivity contribution in [1.29, 1.82) is 0 Å². The van der Waals surface area contributed by atoms with Gasteiger partial charge in [0, 0.05) is 6.42 Å². The van der Waals surface area contributed by atoms with Gasteiger partial charge in [-0.05, 0) is 6.92 Å². The van der Waals surface area contributed by atoms with Crippen LogP contribution in [0.3, 0.4) is 0 Å². The highest BCUT2D eigenvalue weighted by Gasteiger charge is 2.27. The van der Waals surface area contributed by atoms with Gasteiger partial charge < -0.3 is 9.84 Å². The van der Waals surface area contributed by atoms with Gasteiger partial charge >= 0.3 is 6.11 Å². The number of rotatable bonds is 4. The van der Waals surface area contributed by atoms with Crippen LogP contribution in [0.5, 0.6) is 0 Å². The Hall–Kier alpha value is -0.220. The van der Waals surface area contributed by atoms with Crippen LogP contribution in [-0.4, -0.2) is 23.9 Å². The van der Waals surface area contributed by atoms with Crippen LogP contribution < -0.4 is 0 Å². The number of hydrogen-bond acceptors (Lipinski definition) is 2. The second-order valence-corrected chi connectivity index (χ2v) is 2.15. The first-order valence-electron chi connectivity index (χ1n) is 3.18. The fraction of sp³-hybridized carbons (Fsp3) is 1.00. The monoisotopic (exact) mass is 154 g/mol. The van der Waals surface area contributed by atoms with Crippen LogP contribution in [0.2, 0.25) is 0 Å². The summed E-state index contributed by atoms with van der Waals surface area (Å²) in [7, 11) is 0. The van der Waals surface area contributed by atoms with E-state index >= 15 is 0 Å². The molecule has 0 bridgehead atoms. The largest absolute Gasteiger partial charge is 0.391 e.